The van der Waals surface area contributed by atoms with Gasteiger partial charge in [-0.2, -0.15) is 0 Å². The molecule has 1 saturated carbocycles. The second-order valence-electron chi connectivity index (χ2n) is 5.03. The van der Waals surface area contributed by atoms with Crippen molar-refractivity contribution < 1.29 is 0 Å². The Balaban J connectivity index is 2.00. The second-order valence-corrected chi connectivity index (χ2v) is 6.66. The average molecular weight is 372 g/mol. The van der Waals surface area contributed by atoms with Gasteiger partial charge in [0, 0.05) is 15.6 Å². The van der Waals surface area contributed by atoms with Gasteiger partial charge in [0.25, 0.3) is 0 Å². The highest BCUT2D eigenvalue weighted by Crippen LogP contribution is 2.40. The summed E-state index contributed by atoms with van der Waals surface area (Å²) in [5.41, 5.74) is 1.83. The largest absolute Gasteiger partial charge is 0.216 e. The lowest BCUT2D eigenvalue weighted by Crippen LogP contribution is -2.01. The highest BCUT2D eigenvalue weighted by molar-refractivity contribution is 9.10. The van der Waals surface area contributed by atoms with Crippen LogP contribution in [0.4, 0.5) is 0 Å². The summed E-state index contributed by atoms with van der Waals surface area (Å²) in [6.45, 7) is 0. The first-order valence-corrected chi connectivity index (χ1v) is 8.19. The van der Waals surface area contributed by atoms with Crippen molar-refractivity contribution in [2.24, 2.45) is 0 Å². The van der Waals surface area contributed by atoms with Crippen molar-refractivity contribution in [3.63, 3.8) is 0 Å². The van der Waals surface area contributed by atoms with Crippen LogP contribution in [0.1, 0.15) is 37.2 Å². The Kier molecular flexibility index (Phi) is 4.29. The van der Waals surface area contributed by atoms with Crippen LogP contribution in [-0.2, 0) is 0 Å². The first-order valence-electron chi connectivity index (χ1n) is 6.64. The predicted molar refractivity (Wildman–Crippen MR) is 86.4 cm³/mol. The fourth-order valence-corrected chi connectivity index (χ4v) is 3.66. The smallest absolute Gasteiger partial charge is 0.162 e. The lowest BCUT2D eigenvalue weighted by atomic mass is 10.0. The summed E-state index contributed by atoms with van der Waals surface area (Å²) in [5.74, 6) is 0.989. The molecule has 0 atom stereocenters. The molecule has 1 aromatic carbocycles. The molecule has 20 heavy (non-hydrogen) atoms. The Morgan fingerprint density at radius 1 is 0.950 bits per heavy atom. The van der Waals surface area contributed by atoms with E-state index in [1.807, 2.05) is 24.3 Å². The van der Waals surface area contributed by atoms with Gasteiger partial charge in [-0.05, 0) is 30.9 Å². The van der Waals surface area contributed by atoms with Gasteiger partial charge in [0.1, 0.15) is 10.3 Å². The second kappa shape index (κ2) is 6.00. The Morgan fingerprint density at radius 3 is 2.05 bits per heavy atom. The van der Waals surface area contributed by atoms with Crippen LogP contribution in [0.5, 0.6) is 0 Å². The maximum absolute atomic E-state index is 6.35. The quantitative estimate of drug-likeness (QED) is 0.617. The molecule has 1 aliphatic rings. The van der Waals surface area contributed by atoms with E-state index in [0.29, 0.717) is 22.0 Å². The van der Waals surface area contributed by atoms with E-state index >= 15 is 0 Å². The van der Waals surface area contributed by atoms with Crippen molar-refractivity contribution in [2.75, 3.05) is 0 Å². The van der Waals surface area contributed by atoms with E-state index in [1.165, 1.54) is 12.8 Å². The Morgan fingerprint density at radius 2 is 1.50 bits per heavy atom. The maximum atomic E-state index is 6.35. The standard InChI is InChI=1S/C15H13BrCl2N2/c16-11-7-5-10(6-8-11)15-19-13(17)12(14(18)20-15)9-3-1-2-4-9/h5-9H,1-4H2. The summed E-state index contributed by atoms with van der Waals surface area (Å²) in [5, 5.41) is 0.990. The Hall–Kier alpha value is -0.640. The number of hydrogen-bond donors (Lipinski definition) is 0. The van der Waals surface area contributed by atoms with Gasteiger partial charge in [-0.25, -0.2) is 9.97 Å². The topological polar surface area (TPSA) is 25.8 Å². The van der Waals surface area contributed by atoms with E-state index in [1.54, 1.807) is 0 Å². The van der Waals surface area contributed by atoms with Crippen molar-refractivity contribution in [3.8, 4) is 11.4 Å². The van der Waals surface area contributed by atoms with Gasteiger partial charge >= 0.3 is 0 Å². The van der Waals surface area contributed by atoms with Crippen LogP contribution in [0.2, 0.25) is 10.3 Å². The van der Waals surface area contributed by atoms with Gasteiger partial charge in [-0.1, -0.05) is 64.1 Å². The molecule has 5 heteroatoms. The highest BCUT2D eigenvalue weighted by Gasteiger charge is 2.24. The van der Waals surface area contributed by atoms with Gasteiger partial charge < -0.3 is 0 Å². The first kappa shape index (κ1) is 14.3. The molecule has 0 radical (unpaired) electrons. The zero-order valence-corrected chi connectivity index (χ0v) is 13.8. The van der Waals surface area contributed by atoms with Gasteiger partial charge in [0.15, 0.2) is 5.82 Å². The molecule has 1 fully saturated rings. The van der Waals surface area contributed by atoms with Crippen LogP contribution in [0.25, 0.3) is 11.4 Å². The minimum Gasteiger partial charge on any atom is -0.216 e. The molecule has 104 valence electrons. The van der Waals surface area contributed by atoms with Crippen LogP contribution in [-0.4, -0.2) is 9.97 Å². The third kappa shape index (κ3) is 2.85. The first-order chi connectivity index (χ1) is 9.65. The monoisotopic (exact) mass is 370 g/mol. The van der Waals surface area contributed by atoms with Crippen LogP contribution in [0.15, 0.2) is 28.7 Å². The van der Waals surface area contributed by atoms with E-state index in [4.69, 9.17) is 23.2 Å². The molecular formula is C15H13BrCl2N2. The number of benzene rings is 1. The molecule has 1 aliphatic carbocycles. The minimum absolute atomic E-state index is 0.411. The number of nitrogens with zero attached hydrogens (tertiary/aromatic N) is 2. The summed E-state index contributed by atoms with van der Waals surface area (Å²) in [6.07, 6.45) is 4.71. The fourth-order valence-electron chi connectivity index (χ4n) is 2.70. The summed E-state index contributed by atoms with van der Waals surface area (Å²) in [7, 11) is 0. The molecule has 0 N–H and O–H groups in total. The third-order valence-corrected chi connectivity index (χ3v) is 4.82. The van der Waals surface area contributed by atoms with Gasteiger partial charge in [0.2, 0.25) is 0 Å². The van der Waals surface area contributed by atoms with E-state index in [9.17, 15) is 0 Å². The Bertz CT molecular complexity index is 599. The van der Waals surface area contributed by atoms with Crippen molar-refractivity contribution in [3.05, 3.63) is 44.6 Å². The molecule has 0 bridgehead atoms. The van der Waals surface area contributed by atoms with Crippen molar-refractivity contribution in [2.45, 2.75) is 31.6 Å². The highest BCUT2D eigenvalue weighted by atomic mass is 79.9. The molecule has 3 rings (SSSR count). The van der Waals surface area contributed by atoms with E-state index in [-0.39, 0.29) is 0 Å². The lowest BCUT2D eigenvalue weighted by Gasteiger charge is -2.13. The van der Waals surface area contributed by atoms with Crippen LogP contribution >= 0.6 is 39.1 Å². The molecule has 1 heterocycles. The molecule has 0 unspecified atom stereocenters. The molecule has 1 aromatic heterocycles. The van der Waals surface area contributed by atoms with Crippen LogP contribution in [0, 0.1) is 0 Å². The normalized spacial score (nSPS) is 15.8. The van der Waals surface area contributed by atoms with Crippen molar-refractivity contribution in [1.82, 2.24) is 9.97 Å². The SMILES string of the molecule is Clc1nc(-c2ccc(Br)cc2)nc(Cl)c1C1CCCC1. The number of hydrogen-bond acceptors (Lipinski definition) is 2. The zero-order chi connectivity index (χ0) is 14.1. The van der Waals surface area contributed by atoms with E-state index in [0.717, 1.165) is 28.4 Å². The fraction of sp³-hybridized carbons (Fsp3) is 0.333. The predicted octanol–water partition coefficient (Wildman–Crippen LogP) is 5.87. The summed E-state index contributed by atoms with van der Waals surface area (Å²) >= 11 is 16.1. The molecule has 0 saturated heterocycles. The Labute approximate surface area is 136 Å². The molecule has 0 aliphatic heterocycles. The van der Waals surface area contributed by atoms with Crippen molar-refractivity contribution in [1.29, 1.82) is 0 Å². The molecular weight excluding hydrogens is 359 g/mol. The zero-order valence-electron chi connectivity index (χ0n) is 10.7. The van der Waals surface area contributed by atoms with Gasteiger partial charge in [-0.3, -0.25) is 0 Å². The van der Waals surface area contributed by atoms with E-state index in [2.05, 4.69) is 25.9 Å². The van der Waals surface area contributed by atoms with E-state index < -0.39 is 0 Å². The maximum Gasteiger partial charge on any atom is 0.162 e. The number of rotatable bonds is 2. The molecule has 2 aromatic rings. The van der Waals surface area contributed by atoms with Crippen LogP contribution in [0.3, 0.4) is 0 Å². The summed E-state index contributed by atoms with van der Waals surface area (Å²) in [4.78, 5) is 8.87. The molecule has 0 amide bonds. The van der Waals surface area contributed by atoms with Gasteiger partial charge in [-0.15, -0.1) is 0 Å². The molecule has 2 nitrogen and oxygen atoms in total. The van der Waals surface area contributed by atoms with Gasteiger partial charge in [0.05, 0.1) is 0 Å². The van der Waals surface area contributed by atoms with Crippen molar-refractivity contribution >= 4 is 39.1 Å². The van der Waals surface area contributed by atoms with Crippen LogP contribution < -0.4 is 0 Å². The minimum atomic E-state index is 0.411. The lowest BCUT2D eigenvalue weighted by molar-refractivity contribution is 0.715. The summed E-state index contributed by atoms with van der Waals surface area (Å²) in [6, 6.07) is 7.79. The molecule has 0 spiro atoms. The summed E-state index contributed by atoms with van der Waals surface area (Å²) < 4.78 is 1.01. The average Bonchev–Trinajstić information content (AvgIpc) is 2.92. The third-order valence-electron chi connectivity index (χ3n) is 3.72. The number of halogens is 3. The number of aromatic nitrogens is 2.